The molecule has 1 heterocycles. The average Bonchev–Trinajstić information content (AvgIpc) is 2.44. The topological polar surface area (TPSA) is 91.4 Å². The Morgan fingerprint density at radius 1 is 1.37 bits per heavy atom. The largest absolute Gasteiger partial charge is 0.409 e. The Morgan fingerprint density at radius 2 is 1.89 bits per heavy atom. The van der Waals surface area contributed by atoms with Crippen LogP contribution >= 0.6 is 0 Å². The van der Waals surface area contributed by atoms with E-state index in [9.17, 15) is 4.79 Å². The Hall–Kier alpha value is -1.34. The molecule has 0 spiro atoms. The molecule has 0 aliphatic carbocycles. The average molecular weight is 272 g/mol. The quantitative estimate of drug-likeness (QED) is 0.317. The fourth-order valence-corrected chi connectivity index (χ4v) is 2.05. The van der Waals surface area contributed by atoms with Gasteiger partial charge in [-0.2, -0.15) is 0 Å². The first-order valence-electron chi connectivity index (χ1n) is 6.39. The molecule has 1 amide bonds. The van der Waals surface area contributed by atoms with E-state index in [-0.39, 0.29) is 17.8 Å². The fourth-order valence-electron chi connectivity index (χ4n) is 2.05. The predicted octanol–water partition coefficient (Wildman–Crippen LogP) is -0.309. The van der Waals surface area contributed by atoms with Crippen molar-refractivity contribution in [3.63, 3.8) is 0 Å². The number of carbonyl (C=O) groups is 1. The van der Waals surface area contributed by atoms with Crippen molar-refractivity contribution < 1.29 is 14.7 Å². The highest BCUT2D eigenvalue weighted by molar-refractivity contribution is 5.85. The third kappa shape index (κ3) is 3.57. The van der Waals surface area contributed by atoms with E-state index in [1.165, 1.54) is 7.11 Å². The van der Waals surface area contributed by atoms with Gasteiger partial charge in [0.2, 0.25) is 0 Å². The van der Waals surface area contributed by atoms with Crippen molar-refractivity contribution in [2.75, 3.05) is 33.3 Å². The number of hydrogen-bond donors (Lipinski definition) is 2. The zero-order chi connectivity index (χ0) is 14.6. The summed E-state index contributed by atoms with van der Waals surface area (Å²) in [5.74, 6) is 0.183. The number of carbonyl (C=O) groups excluding carboxylic acids is 1. The summed E-state index contributed by atoms with van der Waals surface area (Å²) in [5.41, 5.74) is 4.80. The Balaban J connectivity index is 2.56. The fraction of sp³-hybridized carbons (Fsp3) is 0.833. The third-order valence-electron chi connectivity index (χ3n) is 3.72. The van der Waals surface area contributed by atoms with Crippen molar-refractivity contribution in [3.8, 4) is 0 Å². The molecule has 1 rings (SSSR count). The van der Waals surface area contributed by atoms with Gasteiger partial charge in [0.15, 0.2) is 5.84 Å². The second-order valence-corrected chi connectivity index (χ2v) is 5.24. The van der Waals surface area contributed by atoms with E-state index in [2.05, 4.69) is 10.1 Å². The maximum atomic E-state index is 12.2. The second-order valence-electron chi connectivity index (χ2n) is 5.24. The molecule has 1 aliphatic rings. The van der Waals surface area contributed by atoms with E-state index in [0.717, 1.165) is 0 Å². The molecule has 1 unspecified atom stereocenters. The van der Waals surface area contributed by atoms with Gasteiger partial charge in [-0.15, -0.1) is 0 Å². The molecule has 110 valence electrons. The number of hydrogen-bond acceptors (Lipinski definition) is 5. The molecule has 0 bridgehead atoms. The van der Waals surface area contributed by atoms with Crippen molar-refractivity contribution >= 4 is 11.7 Å². The highest BCUT2D eigenvalue weighted by Crippen LogP contribution is 2.15. The minimum absolute atomic E-state index is 0.00824. The number of oxime groups is 1. The number of methoxy groups -OCH3 is 1. The van der Waals surface area contributed by atoms with Crippen molar-refractivity contribution in [1.29, 1.82) is 0 Å². The van der Waals surface area contributed by atoms with Gasteiger partial charge in [0.1, 0.15) is 5.60 Å². The number of amides is 1. The summed E-state index contributed by atoms with van der Waals surface area (Å²) in [7, 11) is 1.54. The van der Waals surface area contributed by atoms with Crippen LogP contribution in [-0.4, -0.2) is 71.7 Å². The minimum atomic E-state index is -0.792. The summed E-state index contributed by atoms with van der Waals surface area (Å²) < 4.78 is 5.21. The smallest absolute Gasteiger partial charge is 0.254 e. The second kappa shape index (κ2) is 6.21. The third-order valence-corrected chi connectivity index (χ3v) is 3.72. The van der Waals surface area contributed by atoms with Crippen LogP contribution in [-0.2, 0) is 9.53 Å². The normalized spacial score (nSPS) is 20.4. The maximum Gasteiger partial charge on any atom is 0.254 e. The molecular weight excluding hydrogens is 248 g/mol. The molecular formula is C12H24N4O3. The molecule has 1 saturated heterocycles. The SMILES string of the molecule is COC(C)(C)C(=O)N1CCN(C(C)C(N)=NO)CC1. The summed E-state index contributed by atoms with van der Waals surface area (Å²) in [5, 5.41) is 11.7. The van der Waals surface area contributed by atoms with Gasteiger partial charge in [-0.1, -0.05) is 5.16 Å². The van der Waals surface area contributed by atoms with Gasteiger partial charge in [-0.3, -0.25) is 9.69 Å². The Kier molecular flexibility index (Phi) is 5.13. The molecule has 7 nitrogen and oxygen atoms in total. The molecule has 7 heteroatoms. The minimum Gasteiger partial charge on any atom is -0.409 e. The lowest BCUT2D eigenvalue weighted by molar-refractivity contribution is -0.152. The van der Waals surface area contributed by atoms with Crippen LogP contribution in [0.4, 0.5) is 0 Å². The lowest BCUT2D eigenvalue weighted by Gasteiger charge is -2.40. The standard InChI is InChI=1S/C12H24N4O3/c1-9(10(13)14-18)15-5-7-16(8-6-15)11(17)12(2,3)19-4/h9,18H,5-8H2,1-4H3,(H2,13,14). The number of ether oxygens (including phenoxy) is 1. The zero-order valence-electron chi connectivity index (χ0n) is 12.1. The van der Waals surface area contributed by atoms with Gasteiger partial charge in [0.25, 0.3) is 5.91 Å². The van der Waals surface area contributed by atoms with E-state index in [1.54, 1.807) is 18.7 Å². The first-order valence-corrected chi connectivity index (χ1v) is 6.39. The lowest BCUT2D eigenvalue weighted by Crippen LogP contribution is -2.57. The van der Waals surface area contributed by atoms with Gasteiger partial charge in [0, 0.05) is 33.3 Å². The Bertz CT molecular complexity index is 349. The molecule has 1 aliphatic heterocycles. The Labute approximate surface area is 114 Å². The van der Waals surface area contributed by atoms with Crippen LogP contribution in [0.25, 0.3) is 0 Å². The first kappa shape index (κ1) is 15.7. The van der Waals surface area contributed by atoms with Crippen molar-refractivity contribution in [2.24, 2.45) is 10.9 Å². The molecule has 0 aromatic heterocycles. The maximum absolute atomic E-state index is 12.2. The summed E-state index contributed by atoms with van der Waals surface area (Å²) in [6.07, 6.45) is 0. The van der Waals surface area contributed by atoms with E-state index in [1.807, 2.05) is 6.92 Å². The number of nitrogens with two attached hydrogens (primary N) is 1. The van der Waals surface area contributed by atoms with Crippen molar-refractivity contribution in [1.82, 2.24) is 9.80 Å². The van der Waals surface area contributed by atoms with E-state index in [0.29, 0.717) is 26.2 Å². The molecule has 1 fully saturated rings. The van der Waals surface area contributed by atoms with Crippen molar-refractivity contribution in [3.05, 3.63) is 0 Å². The molecule has 19 heavy (non-hydrogen) atoms. The Morgan fingerprint density at radius 3 is 2.32 bits per heavy atom. The highest BCUT2D eigenvalue weighted by Gasteiger charge is 2.34. The number of rotatable bonds is 4. The molecule has 0 aromatic rings. The van der Waals surface area contributed by atoms with Crippen LogP contribution in [0.3, 0.4) is 0 Å². The van der Waals surface area contributed by atoms with Crippen LogP contribution in [0, 0.1) is 0 Å². The predicted molar refractivity (Wildman–Crippen MR) is 72.1 cm³/mol. The molecule has 1 atom stereocenters. The summed E-state index contributed by atoms with van der Waals surface area (Å²) in [4.78, 5) is 16.1. The van der Waals surface area contributed by atoms with Crippen molar-refractivity contribution in [2.45, 2.75) is 32.4 Å². The van der Waals surface area contributed by atoms with Crippen LogP contribution < -0.4 is 5.73 Å². The van der Waals surface area contributed by atoms with Crippen LogP contribution in [0.2, 0.25) is 0 Å². The molecule has 3 N–H and O–H groups in total. The monoisotopic (exact) mass is 272 g/mol. The van der Waals surface area contributed by atoms with Crippen LogP contribution in [0.5, 0.6) is 0 Å². The van der Waals surface area contributed by atoms with Gasteiger partial charge in [-0.05, 0) is 20.8 Å². The molecule has 0 radical (unpaired) electrons. The molecule has 0 aromatic carbocycles. The van der Waals surface area contributed by atoms with Crippen LogP contribution in [0.1, 0.15) is 20.8 Å². The summed E-state index contributed by atoms with van der Waals surface area (Å²) >= 11 is 0. The van der Waals surface area contributed by atoms with E-state index >= 15 is 0 Å². The number of amidine groups is 1. The molecule has 0 saturated carbocycles. The first-order chi connectivity index (χ1) is 8.83. The number of nitrogens with zero attached hydrogens (tertiary/aromatic N) is 3. The van der Waals surface area contributed by atoms with Crippen LogP contribution in [0.15, 0.2) is 5.16 Å². The van der Waals surface area contributed by atoms with Gasteiger partial charge in [-0.25, -0.2) is 0 Å². The summed E-state index contributed by atoms with van der Waals surface area (Å²) in [6.45, 7) is 8.04. The van der Waals surface area contributed by atoms with E-state index < -0.39 is 5.60 Å². The zero-order valence-corrected chi connectivity index (χ0v) is 12.1. The van der Waals surface area contributed by atoms with Gasteiger partial charge >= 0.3 is 0 Å². The lowest BCUT2D eigenvalue weighted by atomic mass is 10.1. The van der Waals surface area contributed by atoms with Gasteiger partial charge in [0.05, 0.1) is 6.04 Å². The number of piperazine rings is 1. The highest BCUT2D eigenvalue weighted by atomic mass is 16.5. The summed E-state index contributed by atoms with van der Waals surface area (Å²) in [6, 6.07) is -0.127. The van der Waals surface area contributed by atoms with Gasteiger partial charge < -0.3 is 20.6 Å². The van der Waals surface area contributed by atoms with E-state index in [4.69, 9.17) is 15.7 Å².